The fraction of sp³-hybridized carbons (Fsp3) is 0.158. The Bertz CT molecular complexity index is 885. The van der Waals surface area contributed by atoms with Crippen molar-refractivity contribution in [2.45, 2.75) is 6.92 Å². The van der Waals surface area contributed by atoms with Gasteiger partial charge in [-0.25, -0.2) is 0 Å². The molecule has 2 rings (SSSR count). The van der Waals surface area contributed by atoms with Crippen molar-refractivity contribution in [3.05, 3.63) is 53.7 Å². The molecule has 0 fully saturated rings. The Balaban J connectivity index is 2.16. The molecule has 0 aliphatic heterocycles. The molecule has 0 saturated heterocycles. The molecule has 0 radical (unpaired) electrons. The van der Waals surface area contributed by atoms with Crippen molar-refractivity contribution in [3.63, 3.8) is 0 Å². The number of methoxy groups -OCH3 is 2. The number of carbonyl (C=O) groups is 1. The molecule has 0 aliphatic rings. The van der Waals surface area contributed by atoms with Crippen molar-refractivity contribution in [2.75, 3.05) is 24.9 Å². The fourth-order valence-corrected chi connectivity index (χ4v) is 2.18. The van der Waals surface area contributed by atoms with Crippen molar-refractivity contribution in [1.82, 2.24) is 0 Å². The van der Waals surface area contributed by atoms with Gasteiger partial charge in [0, 0.05) is 18.0 Å². The minimum atomic E-state index is -0.598. The summed E-state index contributed by atoms with van der Waals surface area (Å²) in [6.07, 6.45) is 1.24. The van der Waals surface area contributed by atoms with Gasteiger partial charge >= 0.3 is 0 Å². The van der Waals surface area contributed by atoms with Crippen LogP contribution in [0.15, 0.2) is 48.2 Å². The summed E-state index contributed by atoms with van der Waals surface area (Å²) in [5.41, 5.74) is 1.62. The van der Waals surface area contributed by atoms with E-state index in [9.17, 15) is 15.2 Å². The summed E-state index contributed by atoms with van der Waals surface area (Å²) in [6.45, 7) is 1.86. The molecule has 0 bridgehead atoms. The van der Waals surface area contributed by atoms with Crippen LogP contribution in [0, 0.1) is 18.3 Å². The molecule has 2 aromatic rings. The second kappa shape index (κ2) is 8.44. The van der Waals surface area contributed by atoms with Gasteiger partial charge in [0.05, 0.1) is 19.9 Å². The SMILES string of the molecule is COc1ccc(NC(=O)/C(C#N)=C\Nc2cc(C)ccc2O)cc1OC. The van der Waals surface area contributed by atoms with E-state index in [0.29, 0.717) is 22.9 Å². The number of anilines is 2. The average Bonchev–Trinajstić information content (AvgIpc) is 2.64. The number of amides is 1. The highest BCUT2D eigenvalue weighted by Gasteiger charge is 2.12. The molecule has 0 saturated carbocycles. The van der Waals surface area contributed by atoms with E-state index < -0.39 is 5.91 Å². The number of phenols is 1. The second-order valence-corrected chi connectivity index (χ2v) is 5.36. The Labute approximate surface area is 151 Å². The van der Waals surface area contributed by atoms with E-state index >= 15 is 0 Å². The highest BCUT2D eigenvalue weighted by atomic mass is 16.5. The van der Waals surface area contributed by atoms with Gasteiger partial charge in [-0.05, 0) is 36.8 Å². The molecule has 3 N–H and O–H groups in total. The number of nitriles is 1. The molecule has 0 heterocycles. The Kier molecular flexibility index (Phi) is 6.06. The van der Waals surface area contributed by atoms with Crippen molar-refractivity contribution in [1.29, 1.82) is 5.26 Å². The number of hydrogen-bond acceptors (Lipinski definition) is 6. The van der Waals surface area contributed by atoms with Crippen LogP contribution < -0.4 is 20.1 Å². The predicted molar refractivity (Wildman–Crippen MR) is 98.3 cm³/mol. The molecular formula is C19H19N3O4. The topological polar surface area (TPSA) is 104 Å². The molecule has 2 aromatic carbocycles. The number of phenolic OH excluding ortho intramolecular Hbond substituents is 1. The number of benzene rings is 2. The lowest BCUT2D eigenvalue weighted by atomic mass is 10.2. The van der Waals surface area contributed by atoms with E-state index in [1.807, 2.05) is 13.0 Å². The second-order valence-electron chi connectivity index (χ2n) is 5.36. The number of rotatable bonds is 6. The van der Waals surface area contributed by atoms with Gasteiger partial charge in [-0.15, -0.1) is 0 Å². The lowest BCUT2D eigenvalue weighted by Crippen LogP contribution is -2.14. The number of aromatic hydroxyl groups is 1. The van der Waals surface area contributed by atoms with Crippen LogP contribution in [0.4, 0.5) is 11.4 Å². The predicted octanol–water partition coefficient (Wildman–Crippen LogP) is 3.18. The van der Waals surface area contributed by atoms with Crippen LogP contribution in [0.2, 0.25) is 0 Å². The standard InChI is InChI=1S/C19H19N3O4/c1-12-4-6-16(23)15(8-12)21-11-13(10-20)19(24)22-14-5-7-17(25-2)18(9-14)26-3/h4-9,11,21,23H,1-3H3,(H,22,24)/b13-11-. The number of nitrogens with one attached hydrogen (secondary N) is 2. The minimum absolute atomic E-state index is 0.0180. The van der Waals surface area contributed by atoms with E-state index in [1.165, 1.54) is 26.5 Å². The number of aryl methyl sites for hydroxylation is 1. The lowest BCUT2D eigenvalue weighted by Gasteiger charge is -2.10. The Morgan fingerprint density at radius 3 is 2.54 bits per heavy atom. The lowest BCUT2D eigenvalue weighted by molar-refractivity contribution is -0.112. The molecule has 7 heteroatoms. The molecule has 7 nitrogen and oxygen atoms in total. The van der Waals surface area contributed by atoms with E-state index in [1.54, 1.807) is 30.3 Å². The van der Waals surface area contributed by atoms with Gasteiger partial charge in [-0.3, -0.25) is 4.79 Å². The van der Waals surface area contributed by atoms with E-state index in [4.69, 9.17) is 9.47 Å². The Morgan fingerprint density at radius 2 is 1.88 bits per heavy atom. The van der Waals surface area contributed by atoms with Crippen LogP contribution in [0.1, 0.15) is 5.56 Å². The summed E-state index contributed by atoms with van der Waals surface area (Å²) in [5, 5.41) is 24.4. The highest BCUT2D eigenvalue weighted by Crippen LogP contribution is 2.30. The third kappa shape index (κ3) is 4.45. The maximum absolute atomic E-state index is 12.3. The van der Waals surface area contributed by atoms with Gasteiger partial charge in [0.15, 0.2) is 11.5 Å². The van der Waals surface area contributed by atoms with Crippen molar-refractivity contribution < 1.29 is 19.4 Å². The first-order chi connectivity index (χ1) is 12.5. The van der Waals surface area contributed by atoms with Crippen LogP contribution in [0.25, 0.3) is 0 Å². The average molecular weight is 353 g/mol. The van der Waals surface area contributed by atoms with Gasteiger partial charge in [-0.1, -0.05) is 6.07 Å². The molecule has 0 aliphatic carbocycles. The largest absolute Gasteiger partial charge is 0.506 e. The zero-order valence-electron chi connectivity index (χ0n) is 14.7. The van der Waals surface area contributed by atoms with E-state index in [2.05, 4.69) is 10.6 Å². The molecular weight excluding hydrogens is 334 g/mol. The summed E-state index contributed by atoms with van der Waals surface area (Å²) in [6, 6.07) is 11.7. The van der Waals surface area contributed by atoms with Gasteiger partial charge < -0.3 is 25.2 Å². The molecule has 0 aromatic heterocycles. The monoisotopic (exact) mass is 353 g/mol. The molecule has 134 valence electrons. The first kappa shape index (κ1) is 18.7. The first-order valence-corrected chi connectivity index (χ1v) is 7.68. The first-order valence-electron chi connectivity index (χ1n) is 7.68. The van der Waals surface area contributed by atoms with Gasteiger partial charge in [0.25, 0.3) is 5.91 Å². The molecule has 0 unspecified atom stereocenters. The molecule has 0 spiro atoms. The third-order valence-electron chi connectivity index (χ3n) is 3.53. The summed E-state index contributed by atoms with van der Waals surface area (Å²) in [5.74, 6) is 0.400. The van der Waals surface area contributed by atoms with Gasteiger partial charge in [-0.2, -0.15) is 5.26 Å². The fourth-order valence-electron chi connectivity index (χ4n) is 2.18. The molecule has 0 atom stereocenters. The van der Waals surface area contributed by atoms with Crippen LogP contribution in [-0.2, 0) is 4.79 Å². The highest BCUT2D eigenvalue weighted by molar-refractivity contribution is 6.06. The Morgan fingerprint density at radius 1 is 1.15 bits per heavy atom. The van der Waals surface area contributed by atoms with Crippen molar-refractivity contribution in [3.8, 4) is 23.3 Å². The molecule has 26 heavy (non-hydrogen) atoms. The van der Waals surface area contributed by atoms with Crippen molar-refractivity contribution in [2.24, 2.45) is 0 Å². The number of hydrogen-bond donors (Lipinski definition) is 3. The van der Waals surface area contributed by atoms with Crippen LogP contribution >= 0.6 is 0 Å². The minimum Gasteiger partial charge on any atom is -0.506 e. The zero-order valence-corrected chi connectivity index (χ0v) is 14.7. The zero-order chi connectivity index (χ0) is 19.1. The smallest absolute Gasteiger partial charge is 0.267 e. The van der Waals surface area contributed by atoms with Crippen LogP contribution in [0.5, 0.6) is 17.2 Å². The quantitative estimate of drug-likeness (QED) is 0.419. The molecule has 1 amide bonds. The van der Waals surface area contributed by atoms with Crippen LogP contribution in [0.3, 0.4) is 0 Å². The summed E-state index contributed by atoms with van der Waals surface area (Å²) < 4.78 is 10.3. The van der Waals surface area contributed by atoms with E-state index in [-0.39, 0.29) is 11.3 Å². The summed E-state index contributed by atoms with van der Waals surface area (Å²) in [7, 11) is 3.00. The summed E-state index contributed by atoms with van der Waals surface area (Å²) >= 11 is 0. The number of carbonyl (C=O) groups excluding carboxylic acids is 1. The van der Waals surface area contributed by atoms with E-state index in [0.717, 1.165) is 5.56 Å². The summed E-state index contributed by atoms with van der Waals surface area (Å²) in [4.78, 5) is 12.3. The maximum Gasteiger partial charge on any atom is 0.267 e. The van der Waals surface area contributed by atoms with Gasteiger partial charge in [0.1, 0.15) is 17.4 Å². The normalized spacial score (nSPS) is 10.6. The third-order valence-corrected chi connectivity index (χ3v) is 3.53. The Hall–Kier alpha value is -3.66. The van der Waals surface area contributed by atoms with Gasteiger partial charge in [0.2, 0.25) is 0 Å². The number of ether oxygens (including phenoxy) is 2. The van der Waals surface area contributed by atoms with Crippen molar-refractivity contribution >= 4 is 17.3 Å². The van der Waals surface area contributed by atoms with Crippen LogP contribution in [-0.4, -0.2) is 25.2 Å². The maximum atomic E-state index is 12.3. The number of nitrogens with zero attached hydrogens (tertiary/aromatic N) is 1.